The van der Waals surface area contributed by atoms with E-state index in [2.05, 4.69) is 130 Å². The molecule has 140 valence electrons. The van der Waals surface area contributed by atoms with E-state index < -0.39 is 0 Å². The molecule has 3 heteroatoms. The van der Waals surface area contributed by atoms with Crippen molar-refractivity contribution in [3.63, 3.8) is 0 Å². The molecule has 0 N–H and O–H groups in total. The first-order valence-corrected chi connectivity index (χ1v) is 11.5. The minimum atomic E-state index is 0.850. The molecule has 29 heavy (non-hydrogen) atoms. The van der Waals surface area contributed by atoms with Crippen LogP contribution >= 0.6 is 45.2 Å². The van der Waals surface area contributed by atoms with Crippen LogP contribution in [0.3, 0.4) is 0 Å². The molecule has 0 atom stereocenters. The molecule has 0 saturated heterocycles. The zero-order valence-electron chi connectivity index (χ0n) is 15.4. The lowest BCUT2D eigenvalue weighted by Crippen LogP contribution is -1.92. The Bertz CT molecular complexity index is 1270. The van der Waals surface area contributed by atoms with Gasteiger partial charge in [0.05, 0.1) is 0 Å². The van der Waals surface area contributed by atoms with Gasteiger partial charge in [0.15, 0.2) is 0 Å². The maximum atomic E-state index is 6.47. The van der Waals surface area contributed by atoms with Gasteiger partial charge >= 0.3 is 0 Å². The molecule has 0 amide bonds. The highest BCUT2D eigenvalue weighted by Gasteiger charge is 2.16. The summed E-state index contributed by atoms with van der Waals surface area (Å²) >= 11 is 4.66. The van der Waals surface area contributed by atoms with Crippen LogP contribution in [0.4, 0.5) is 0 Å². The highest BCUT2D eigenvalue weighted by atomic mass is 127. The van der Waals surface area contributed by atoms with Crippen LogP contribution in [0.15, 0.2) is 97.1 Å². The molecule has 0 radical (unpaired) electrons. The van der Waals surface area contributed by atoms with Gasteiger partial charge in [0, 0.05) is 17.9 Å². The van der Waals surface area contributed by atoms with E-state index in [0.29, 0.717) is 0 Å². The van der Waals surface area contributed by atoms with E-state index in [1.807, 2.05) is 12.1 Å². The Balaban J connectivity index is 1.83. The Morgan fingerprint density at radius 1 is 0.483 bits per heavy atom. The Hall–Kier alpha value is -2.12. The summed E-state index contributed by atoms with van der Waals surface area (Å²) in [5.41, 5.74) is 2.47. The van der Waals surface area contributed by atoms with Crippen molar-refractivity contribution in [3.05, 3.63) is 104 Å². The van der Waals surface area contributed by atoms with Crippen LogP contribution in [0.5, 0.6) is 11.5 Å². The average Bonchev–Trinajstić information content (AvgIpc) is 2.76. The molecule has 0 fully saturated rings. The second kappa shape index (κ2) is 7.95. The zero-order chi connectivity index (χ0) is 19.8. The number of hydrogen-bond acceptors (Lipinski definition) is 1. The smallest absolute Gasteiger partial charge is 0.143 e. The van der Waals surface area contributed by atoms with E-state index in [0.717, 1.165) is 22.3 Å². The van der Waals surface area contributed by atoms with Gasteiger partial charge in [0.2, 0.25) is 0 Å². The van der Waals surface area contributed by atoms with Gasteiger partial charge in [-0.25, -0.2) is 0 Å². The molecule has 5 aromatic carbocycles. The largest absolute Gasteiger partial charge is 0.456 e. The van der Waals surface area contributed by atoms with E-state index in [9.17, 15) is 0 Å². The van der Waals surface area contributed by atoms with Crippen molar-refractivity contribution in [1.29, 1.82) is 0 Å². The molecule has 0 aliphatic carbocycles. The third-order valence-corrected chi connectivity index (χ3v) is 6.49. The summed E-state index contributed by atoms with van der Waals surface area (Å²) in [4.78, 5) is 0. The highest BCUT2D eigenvalue weighted by molar-refractivity contribution is 14.1. The fourth-order valence-corrected chi connectivity index (χ4v) is 4.47. The summed E-state index contributed by atoms with van der Waals surface area (Å²) in [6, 6.07) is 34.0. The van der Waals surface area contributed by atoms with Crippen molar-refractivity contribution in [2.24, 2.45) is 0 Å². The Kier molecular flexibility index (Phi) is 5.18. The van der Waals surface area contributed by atoms with Gasteiger partial charge < -0.3 is 4.74 Å². The topological polar surface area (TPSA) is 9.23 Å². The molecular weight excluding hydrogens is 582 g/mol. The molecule has 0 spiro atoms. The first-order valence-electron chi connectivity index (χ1n) is 9.33. The summed E-state index contributed by atoms with van der Waals surface area (Å²) < 4.78 is 8.89. The maximum absolute atomic E-state index is 6.47. The van der Waals surface area contributed by atoms with Crippen molar-refractivity contribution < 1.29 is 4.74 Å². The fraction of sp³-hybridized carbons (Fsp3) is 0. The molecule has 0 unspecified atom stereocenters. The quantitative estimate of drug-likeness (QED) is 0.149. The monoisotopic (exact) mass is 598 g/mol. The van der Waals surface area contributed by atoms with Crippen LogP contribution in [-0.4, -0.2) is 0 Å². The fourth-order valence-electron chi connectivity index (χ4n) is 3.75. The Morgan fingerprint density at radius 2 is 0.931 bits per heavy atom. The van der Waals surface area contributed by atoms with Crippen LogP contribution < -0.4 is 4.74 Å². The number of fused-ring (bicyclic) bond motifs is 2. The first kappa shape index (κ1) is 18.9. The zero-order valence-corrected chi connectivity index (χ0v) is 19.7. The Morgan fingerprint density at radius 3 is 1.45 bits per heavy atom. The second-order valence-corrected chi connectivity index (χ2v) is 9.35. The lowest BCUT2D eigenvalue weighted by Gasteiger charge is -2.17. The van der Waals surface area contributed by atoms with Crippen LogP contribution in [0.2, 0.25) is 0 Å². The average molecular weight is 598 g/mol. The molecule has 5 rings (SSSR count). The second-order valence-electron chi connectivity index (χ2n) is 6.86. The molecule has 0 aliphatic heterocycles. The van der Waals surface area contributed by atoms with E-state index >= 15 is 0 Å². The van der Waals surface area contributed by atoms with Gasteiger partial charge in [-0.1, -0.05) is 60.7 Å². The minimum Gasteiger partial charge on any atom is -0.456 e. The van der Waals surface area contributed by atoms with E-state index in [1.165, 1.54) is 29.0 Å². The molecule has 0 bridgehead atoms. The van der Waals surface area contributed by atoms with E-state index in [-0.39, 0.29) is 0 Å². The standard InChI is InChI=1S/C26H16I2O/c27-18-11-9-17(10-12-18)25-21-5-1-3-7-23(21)26(24-8-4-2-6-22(24)25)29-20-15-13-19(28)14-16-20/h1-16H. The van der Waals surface area contributed by atoms with Gasteiger partial charge in [-0.3, -0.25) is 0 Å². The van der Waals surface area contributed by atoms with Crippen molar-refractivity contribution >= 4 is 66.7 Å². The number of rotatable bonds is 3. The molecule has 0 aromatic heterocycles. The van der Waals surface area contributed by atoms with Gasteiger partial charge in [0.25, 0.3) is 0 Å². The van der Waals surface area contributed by atoms with Crippen molar-refractivity contribution in [3.8, 4) is 22.6 Å². The Labute approximate surface area is 197 Å². The third kappa shape index (κ3) is 3.62. The molecule has 0 aliphatic rings. The highest BCUT2D eigenvalue weighted by Crippen LogP contribution is 2.44. The summed E-state index contributed by atoms with van der Waals surface area (Å²) in [5, 5.41) is 4.65. The van der Waals surface area contributed by atoms with Crippen LogP contribution in [-0.2, 0) is 0 Å². The lowest BCUT2D eigenvalue weighted by molar-refractivity contribution is 0.493. The van der Waals surface area contributed by atoms with Crippen LogP contribution in [0.25, 0.3) is 32.7 Å². The van der Waals surface area contributed by atoms with Crippen LogP contribution in [0, 0.1) is 7.14 Å². The summed E-state index contributed by atoms with van der Waals surface area (Å²) in [5.74, 6) is 1.76. The van der Waals surface area contributed by atoms with E-state index in [4.69, 9.17) is 4.74 Å². The predicted octanol–water partition coefficient (Wildman–Crippen LogP) is 8.66. The van der Waals surface area contributed by atoms with Gasteiger partial charge in [-0.05, 0) is 103 Å². The van der Waals surface area contributed by atoms with Crippen molar-refractivity contribution in [2.45, 2.75) is 0 Å². The SMILES string of the molecule is Ic1ccc(Oc2c3ccccc3c(-c3ccc(I)cc3)c3ccccc23)cc1. The molecule has 0 saturated carbocycles. The van der Waals surface area contributed by atoms with Crippen LogP contribution in [0.1, 0.15) is 0 Å². The molecule has 1 nitrogen and oxygen atoms in total. The minimum absolute atomic E-state index is 0.850. The third-order valence-electron chi connectivity index (χ3n) is 5.05. The summed E-state index contributed by atoms with van der Waals surface area (Å²) in [6.07, 6.45) is 0. The first-order chi connectivity index (χ1) is 14.2. The molecular formula is C26H16I2O. The number of ether oxygens (including phenoxy) is 1. The summed E-state index contributed by atoms with van der Waals surface area (Å²) in [6.45, 7) is 0. The van der Waals surface area contributed by atoms with E-state index in [1.54, 1.807) is 0 Å². The maximum Gasteiger partial charge on any atom is 0.143 e. The van der Waals surface area contributed by atoms with Crippen molar-refractivity contribution in [1.82, 2.24) is 0 Å². The van der Waals surface area contributed by atoms with Gasteiger partial charge in [-0.15, -0.1) is 0 Å². The number of hydrogen-bond donors (Lipinski definition) is 0. The lowest BCUT2D eigenvalue weighted by atomic mass is 9.91. The predicted molar refractivity (Wildman–Crippen MR) is 139 cm³/mol. The normalized spacial score (nSPS) is 11.1. The molecule has 0 heterocycles. The van der Waals surface area contributed by atoms with Crippen molar-refractivity contribution in [2.75, 3.05) is 0 Å². The van der Waals surface area contributed by atoms with Gasteiger partial charge in [0.1, 0.15) is 11.5 Å². The van der Waals surface area contributed by atoms with Gasteiger partial charge in [-0.2, -0.15) is 0 Å². The number of halogens is 2. The number of benzene rings is 5. The molecule has 5 aromatic rings. The summed E-state index contributed by atoms with van der Waals surface area (Å²) in [7, 11) is 0.